The quantitative estimate of drug-likeness (QED) is 0.715. The molecule has 0 radical (unpaired) electrons. The van der Waals surface area contributed by atoms with E-state index in [1.54, 1.807) is 6.20 Å². The fourth-order valence-corrected chi connectivity index (χ4v) is 4.05. The number of hydrogen-bond acceptors (Lipinski definition) is 5. The first-order valence-electron chi connectivity index (χ1n) is 8.51. The molecule has 24 heavy (non-hydrogen) atoms. The molecular formula is C17H19N5O2. The zero-order valence-electron chi connectivity index (χ0n) is 13.6. The van der Waals surface area contributed by atoms with Gasteiger partial charge < -0.3 is 9.40 Å². The topological polar surface area (TPSA) is 90.8 Å². The van der Waals surface area contributed by atoms with E-state index < -0.39 is 0 Å². The number of furan rings is 1. The number of hydrogen-bond donors (Lipinski definition) is 2. The number of fused-ring (bicyclic) bond motifs is 5. The van der Waals surface area contributed by atoms with E-state index in [4.69, 9.17) is 9.40 Å². The molecule has 5 rings (SSSR count). The molecule has 0 bridgehead atoms. The average molecular weight is 325 g/mol. The summed E-state index contributed by atoms with van der Waals surface area (Å²) in [6.07, 6.45) is 6.72. The Balaban J connectivity index is 1.75. The molecule has 1 unspecified atom stereocenters. The first kappa shape index (κ1) is 14.0. The summed E-state index contributed by atoms with van der Waals surface area (Å²) in [7, 11) is 2.08. The number of aromatic nitrogens is 4. The van der Waals surface area contributed by atoms with E-state index in [-0.39, 0.29) is 11.6 Å². The number of aromatic amines is 2. The molecule has 1 saturated heterocycles. The second-order valence-electron chi connectivity index (χ2n) is 6.79. The summed E-state index contributed by atoms with van der Waals surface area (Å²) in [5.41, 5.74) is 3.93. The maximum Gasteiger partial charge on any atom is 0.294 e. The summed E-state index contributed by atoms with van der Waals surface area (Å²) in [5, 5.41) is 7.17. The summed E-state index contributed by atoms with van der Waals surface area (Å²) < 4.78 is 5.95. The predicted octanol–water partition coefficient (Wildman–Crippen LogP) is 2.16. The number of nitrogens with zero attached hydrogens (tertiary/aromatic N) is 3. The Morgan fingerprint density at radius 2 is 2.25 bits per heavy atom. The van der Waals surface area contributed by atoms with Crippen molar-refractivity contribution in [1.29, 1.82) is 0 Å². The van der Waals surface area contributed by atoms with Crippen molar-refractivity contribution in [3.05, 3.63) is 33.6 Å². The van der Waals surface area contributed by atoms with Crippen molar-refractivity contribution in [2.45, 2.75) is 38.1 Å². The van der Waals surface area contributed by atoms with Crippen molar-refractivity contribution in [3.8, 4) is 11.3 Å². The van der Waals surface area contributed by atoms with Crippen LogP contribution in [0.3, 0.4) is 0 Å². The van der Waals surface area contributed by atoms with Crippen molar-refractivity contribution >= 4 is 11.1 Å². The van der Waals surface area contributed by atoms with Crippen LogP contribution >= 0.6 is 0 Å². The zero-order chi connectivity index (χ0) is 16.3. The lowest BCUT2D eigenvalue weighted by Crippen LogP contribution is -2.22. The van der Waals surface area contributed by atoms with E-state index in [1.807, 2.05) is 0 Å². The van der Waals surface area contributed by atoms with Crippen LogP contribution in [-0.4, -0.2) is 38.7 Å². The Morgan fingerprint density at radius 3 is 3.08 bits per heavy atom. The van der Waals surface area contributed by atoms with Gasteiger partial charge in [-0.05, 0) is 45.7 Å². The summed E-state index contributed by atoms with van der Waals surface area (Å²) in [6, 6.07) is 0.183. The van der Waals surface area contributed by atoms with Crippen LogP contribution in [0.1, 0.15) is 42.4 Å². The molecule has 0 aromatic carbocycles. The maximum atomic E-state index is 12.6. The molecule has 3 aromatic rings. The molecule has 7 heteroatoms. The Bertz CT molecular complexity index is 983. The van der Waals surface area contributed by atoms with Crippen molar-refractivity contribution in [3.63, 3.8) is 0 Å². The van der Waals surface area contributed by atoms with Crippen LogP contribution in [0.25, 0.3) is 22.4 Å². The van der Waals surface area contributed by atoms with Gasteiger partial charge in [-0.1, -0.05) is 0 Å². The largest absolute Gasteiger partial charge is 0.448 e. The van der Waals surface area contributed by atoms with Crippen LogP contribution in [0.15, 0.2) is 15.4 Å². The Hall–Kier alpha value is -2.41. The van der Waals surface area contributed by atoms with E-state index in [9.17, 15) is 4.79 Å². The first-order valence-corrected chi connectivity index (χ1v) is 8.51. The molecule has 4 heterocycles. The van der Waals surface area contributed by atoms with Crippen molar-refractivity contribution < 1.29 is 4.42 Å². The molecular weight excluding hydrogens is 306 g/mol. The van der Waals surface area contributed by atoms with Crippen LogP contribution in [0, 0.1) is 0 Å². The molecule has 0 spiro atoms. The van der Waals surface area contributed by atoms with Gasteiger partial charge in [0.1, 0.15) is 17.1 Å². The smallest absolute Gasteiger partial charge is 0.294 e. The lowest BCUT2D eigenvalue weighted by molar-refractivity contribution is 0.305. The fourth-order valence-electron chi connectivity index (χ4n) is 4.05. The molecule has 7 nitrogen and oxygen atoms in total. The van der Waals surface area contributed by atoms with E-state index in [0.717, 1.165) is 72.6 Å². The third-order valence-corrected chi connectivity index (χ3v) is 5.31. The number of aryl methyl sites for hydroxylation is 2. The second kappa shape index (κ2) is 5.04. The molecule has 1 aliphatic carbocycles. The summed E-state index contributed by atoms with van der Waals surface area (Å²) in [5.74, 6) is 1.51. The van der Waals surface area contributed by atoms with Gasteiger partial charge in [0.25, 0.3) is 5.56 Å². The standard InChI is InChI=1S/C17H19N5O2/c1-22-7-3-6-12(22)16-19-13-9-4-2-5-11-10(8-18-21-11)14(9)24-15(13)17(23)20-16/h8,12H,2-7H2,1H3,(H,18,21)(H,19,20,23). The van der Waals surface area contributed by atoms with Gasteiger partial charge in [0.15, 0.2) is 0 Å². The first-order chi connectivity index (χ1) is 11.7. The minimum absolute atomic E-state index is 0.183. The van der Waals surface area contributed by atoms with Gasteiger partial charge in [-0.3, -0.25) is 14.8 Å². The summed E-state index contributed by atoms with van der Waals surface area (Å²) in [4.78, 5) is 22.6. The molecule has 2 N–H and O–H groups in total. The molecule has 0 amide bonds. The predicted molar refractivity (Wildman–Crippen MR) is 88.8 cm³/mol. The minimum Gasteiger partial charge on any atom is -0.448 e. The number of nitrogens with one attached hydrogen (secondary N) is 2. The van der Waals surface area contributed by atoms with Gasteiger partial charge in [0.05, 0.1) is 17.8 Å². The van der Waals surface area contributed by atoms with Gasteiger partial charge in [0, 0.05) is 11.3 Å². The highest BCUT2D eigenvalue weighted by Gasteiger charge is 2.29. The minimum atomic E-state index is -0.187. The van der Waals surface area contributed by atoms with Crippen LogP contribution in [-0.2, 0) is 12.8 Å². The number of likely N-dealkylation sites (tertiary alicyclic amines) is 1. The number of H-pyrrole nitrogens is 2. The van der Waals surface area contributed by atoms with E-state index in [2.05, 4.69) is 27.1 Å². The Morgan fingerprint density at radius 1 is 1.33 bits per heavy atom. The van der Waals surface area contributed by atoms with E-state index in [0.29, 0.717) is 5.58 Å². The number of rotatable bonds is 1. The van der Waals surface area contributed by atoms with Crippen LogP contribution < -0.4 is 5.56 Å². The Kier molecular flexibility index (Phi) is 2.94. The molecule has 1 atom stereocenters. The van der Waals surface area contributed by atoms with Crippen molar-refractivity contribution in [1.82, 2.24) is 25.1 Å². The highest BCUT2D eigenvalue weighted by atomic mass is 16.3. The lowest BCUT2D eigenvalue weighted by Gasteiger charge is -2.18. The van der Waals surface area contributed by atoms with Gasteiger partial charge >= 0.3 is 0 Å². The van der Waals surface area contributed by atoms with E-state index >= 15 is 0 Å². The maximum absolute atomic E-state index is 12.6. The molecule has 0 saturated carbocycles. The van der Waals surface area contributed by atoms with Crippen LogP contribution in [0.5, 0.6) is 0 Å². The van der Waals surface area contributed by atoms with Gasteiger partial charge in [0.2, 0.25) is 5.58 Å². The highest BCUT2D eigenvalue weighted by Crippen LogP contribution is 2.37. The zero-order valence-corrected chi connectivity index (χ0v) is 13.6. The van der Waals surface area contributed by atoms with Crippen LogP contribution in [0.2, 0.25) is 0 Å². The highest BCUT2D eigenvalue weighted by molar-refractivity contribution is 5.85. The van der Waals surface area contributed by atoms with Gasteiger partial charge in [-0.15, -0.1) is 0 Å². The fraction of sp³-hybridized carbons (Fsp3) is 0.471. The molecule has 3 aromatic heterocycles. The summed E-state index contributed by atoms with van der Waals surface area (Å²) in [6.45, 7) is 1.04. The SMILES string of the molecule is CN1CCCC1c1nc2c3c(oc2c(=O)[nH]1)-c1cn[nH]c1CCC3. The van der Waals surface area contributed by atoms with Crippen molar-refractivity contribution in [2.75, 3.05) is 13.6 Å². The van der Waals surface area contributed by atoms with E-state index in [1.165, 1.54) is 0 Å². The molecule has 1 fully saturated rings. The Labute approximate surface area is 138 Å². The monoisotopic (exact) mass is 325 g/mol. The van der Waals surface area contributed by atoms with Crippen molar-refractivity contribution in [2.24, 2.45) is 0 Å². The molecule has 2 aliphatic rings. The molecule has 124 valence electrons. The third-order valence-electron chi connectivity index (χ3n) is 5.31. The normalized spacial score (nSPS) is 21.0. The second-order valence-corrected chi connectivity index (χ2v) is 6.79. The van der Waals surface area contributed by atoms with Gasteiger partial charge in [-0.25, -0.2) is 4.98 Å². The summed E-state index contributed by atoms with van der Waals surface area (Å²) >= 11 is 0. The van der Waals surface area contributed by atoms with Crippen LogP contribution in [0.4, 0.5) is 0 Å². The third kappa shape index (κ3) is 1.91. The average Bonchev–Trinajstić information content (AvgIpc) is 3.25. The lowest BCUT2D eigenvalue weighted by atomic mass is 10.1. The van der Waals surface area contributed by atoms with Gasteiger partial charge in [-0.2, -0.15) is 5.10 Å². The molecule has 1 aliphatic heterocycles.